The van der Waals surface area contributed by atoms with E-state index < -0.39 is 22.5 Å². The number of carbonyl (C=O) groups excluding carboxylic acids is 1. The molecule has 0 aliphatic rings. The van der Waals surface area contributed by atoms with Gasteiger partial charge in [0.05, 0.1) is 17.2 Å². The van der Waals surface area contributed by atoms with Crippen LogP contribution in [0.2, 0.25) is 0 Å². The van der Waals surface area contributed by atoms with Crippen molar-refractivity contribution in [3.8, 4) is 0 Å². The summed E-state index contributed by atoms with van der Waals surface area (Å²) in [7, 11) is 0. The molecule has 0 amide bonds. The first kappa shape index (κ1) is 14.9. The zero-order valence-electron chi connectivity index (χ0n) is 11.0. The molecule has 1 atom stereocenters. The van der Waals surface area contributed by atoms with E-state index in [1.807, 2.05) is 0 Å². The Bertz CT molecular complexity index is 535. The Morgan fingerprint density at radius 2 is 2.11 bits per heavy atom. The van der Waals surface area contributed by atoms with Crippen LogP contribution in [-0.4, -0.2) is 21.6 Å². The molecule has 1 aromatic rings. The molecule has 0 fully saturated rings. The van der Waals surface area contributed by atoms with E-state index in [1.165, 1.54) is 0 Å². The summed E-state index contributed by atoms with van der Waals surface area (Å²) in [5, 5.41) is 10.7. The largest absolute Gasteiger partial charge is 0.461 e. The molecule has 1 heterocycles. The number of esters is 1. The summed E-state index contributed by atoms with van der Waals surface area (Å²) in [6, 6.07) is 1.33. The van der Waals surface area contributed by atoms with Gasteiger partial charge in [-0.05, 0) is 20.3 Å². The van der Waals surface area contributed by atoms with E-state index in [0.29, 0.717) is 6.42 Å². The fraction of sp³-hybridized carbons (Fsp3) is 0.500. The van der Waals surface area contributed by atoms with E-state index in [-0.39, 0.29) is 11.8 Å². The molecule has 1 unspecified atom stereocenters. The van der Waals surface area contributed by atoms with Gasteiger partial charge < -0.3 is 4.74 Å². The van der Waals surface area contributed by atoms with E-state index in [2.05, 4.69) is 0 Å². The van der Waals surface area contributed by atoms with Crippen LogP contribution in [0.25, 0.3) is 0 Å². The Hall–Kier alpha value is -2.18. The molecule has 1 rings (SSSR count). The maximum Gasteiger partial charge on any atom is 0.329 e. The van der Waals surface area contributed by atoms with Crippen molar-refractivity contribution in [2.24, 2.45) is 0 Å². The molecule has 0 spiro atoms. The van der Waals surface area contributed by atoms with Crippen LogP contribution in [0, 0.1) is 10.1 Å². The Labute approximate surface area is 110 Å². The SMILES string of the molecule is CCC(C(=O)OC(C)C)n1cc([N+](=O)[O-])ccc1=O. The number of pyridine rings is 1. The van der Waals surface area contributed by atoms with Crippen LogP contribution in [-0.2, 0) is 9.53 Å². The summed E-state index contributed by atoms with van der Waals surface area (Å²) in [5.41, 5.74) is -0.714. The van der Waals surface area contributed by atoms with Gasteiger partial charge in [-0.25, -0.2) is 4.79 Å². The molecule has 104 valence electrons. The summed E-state index contributed by atoms with van der Waals surface area (Å²) < 4.78 is 6.09. The molecule has 0 saturated carbocycles. The number of ether oxygens (including phenoxy) is 1. The van der Waals surface area contributed by atoms with Gasteiger partial charge in [-0.3, -0.25) is 19.5 Å². The van der Waals surface area contributed by atoms with Gasteiger partial charge in [-0.1, -0.05) is 6.92 Å². The third kappa shape index (κ3) is 3.64. The number of hydrogen-bond donors (Lipinski definition) is 0. The van der Waals surface area contributed by atoms with Crippen LogP contribution < -0.4 is 5.56 Å². The molecule has 0 bridgehead atoms. The highest BCUT2D eigenvalue weighted by atomic mass is 16.6. The van der Waals surface area contributed by atoms with Gasteiger partial charge in [-0.15, -0.1) is 0 Å². The van der Waals surface area contributed by atoms with Crippen LogP contribution in [0.15, 0.2) is 23.1 Å². The molecule has 0 saturated heterocycles. The lowest BCUT2D eigenvalue weighted by molar-refractivity contribution is -0.385. The number of carbonyl (C=O) groups is 1. The van der Waals surface area contributed by atoms with Gasteiger partial charge in [-0.2, -0.15) is 0 Å². The maximum absolute atomic E-state index is 11.9. The molecule has 0 aliphatic heterocycles. The molecule has 0 aromatic carbocycles. The second-order valence-corrected chi connectivity index (χ2v) is 4.30. The van der Waals surface area contributed by atoms with Crippen molar-refractivity contribution in [3.05, 3.63) is 38.8 Å². The topological polar surface area (TPSA) is 91.4 Å². The first-order valence-electron chi connectivity index (χ1n) is 5.93. The van der Waals surface area contributed by atoms with Crippen molar-refractivity contribution in [2.45, 2.75) is 39.3 Å². The third-order valence-electron chi connectivity index (χ3n) is 2.48. The molecular formula is C12H16N2O5. The second kappa shape index (κ2) is 6.12. The Kier molecular flexibility index (Phi) is 4.80. The predicted molar refractivity (Wildman–Crippen MR) is 67.9 cm³/mol. The fourth-order valence-electron chi connectivity index (χ4n) is 1.63. The van der Waals surface area contributed by atoms with Crippen LogP contribution in [0.3, 0.4) is 0 Å². The summed E-state index contributed by atoms with van der Waals surface area (Å²) in [4.78, 5) is 33.7. The van der Waals surface area contributed by atoms with Gasteiger partial charge in [0, 0.05) is 12.1 Å². The highest BCUT2D eigenvalue weighted by molar-refractivity contribution is 5.74. The zero-order chi connectivity index (χ0) is 14.6. The number of nitrogens with zero attached hydrogens (tertiary/aromatic N) is 2. The standard InChI is InChI=1S/C12H16N2O5/c1-4-10(12(16)19-8(2)3)13-7-9(14(17)18)5-6-11(13)15/h5-8,10H,4H2,1-3H3. The first-order valence-corrected chi connectivity index (χ1v) is 5.93. The summed E-state index contributed by atoms with van der Waals surface area (Å²) in [6.07, 6.45) is 1.07. The molecule has 7 nitrogen and oxygen atoms in total. The monoisotopic (exact) mass is 268 g/mol. The molecule has 1 aromatic heterocycles. The normalized spacial score (nSPS) is 12.2. The smallest absolute Gasteiger partial charge is 0.329 e. The van der Waals surface area contributed by atoms with Gasteiger partial charge >= 0.3 is 5.97 Å². The van der Waals surface area contributed by atoms with Gasteiger partial charge in [0.1, 0.15) is 6.04 Å². The number of nitro groups is 1. The van der Waals surface area contributed by atoms with E-state index in [9.17, 15) is 19.7 Å². The molecule has 0 aliphatic carbocycles. The maximum atomic E-state index is 11.9. The van der Waals surface area contributed by atoms with E-state index in [1.54, 1.807) is 20.8 Å². The van der Waals surface area contributed by atoms with Crippen molar-refractivity contribution in [2.75, 3.05) is 0 Å². The van der Waals surface area contributed by atoms with Crippen LogP contribution in [0.1, 0.15) is 33.2 Å². The minimum Gasteiger partial charge on any atom is -0.461 e. The molecule has 0 N–H and O–H groups in total. The van der Waals surface area contributed by atoms with Crippen LogP contribution in [0.4, 0.5) is 5.69 Å². The minimum absolute atomic E-state index is 0.240. The average molecular weight is 268 g/mol. The van der Waals surface area contributed by atoms with Gasteiger partial charge in [0.15, 0.2) is 0 Å². The quantitative estimate of drug-likeness (QED) is 0.460. The summed E-state index contributed by atoms with van der Waals surface area (Å²) in [5.74, 6) is -0.569. The lowest BCUT2D eigenvalue weighted by atomic mass is 10.2. The van der Waals surface area contributed by atoms with Crippen molar-refractivity contribution in [1.82, 2.24) is 4.57 Å². The van der Waals surface area contributed by atoms with E-state index in [0.717, 1.165) is 22.9 Å². The lowest BCUT2D eigenvalue weighted by Gasteiger charge is -2.18. The van der Waals surface area contributed by atoms with Gasteiger partial charge in [0.2, 0.25) is 0 Å². The molecule has 19 heavy (non-hydrogen) atoms. The third-order valence-corrected chi connectivity index (χ3v) is 2.48. The zero-order valence-corrected chi connectivity index (χ0v) is 11.0. The molecular weight excluding hydrogens is 252 g/mol. The Balaban J connectivity index is 3.17. The number of hydrogen-bond acceptors (Lipinski definition) is 5. The van der Waals surface area contributed by atoms with Crippen LogP contribution in [0.5, 0.6) is 0 Å². The Morgan fingerprint density at radius 1 is 1.47 bits per heavy atom. The predicted octanol–water partition coefficient (Wildman–Crippen LogP) is 1.66. The summed E-state index contributed by atoms with van der Waals surface area (Å²) >= 11 is 0. The van der Waals surface area contributed by atoms with Crippen molar-refractivity contribution in [1.29, 1.82) is 0 Å². The highest BCUT2D eigenvalue weighted by Gasteiger charge is 2.23. The van der Waals surface area contributed by atoms with Crippen molar-refractivity contribution < 1.29 is 14.5 Å². The lowest BCUT2D eigenvalue weighted by Crippen LogP contribution is -2.31. The summed E-state index contributed by atoms with van der Waals surface area (Å²) in [6.45, 7) is 5.10. The number of aromatic nitrogens is 1. The number of rotatable bonds is 5. The molecule has 7 heteroatoms. The van der Waals surface area contributed by atoms with Crippen molar-refractivity contribution >= 4 is 11.7 Å². The van der Waals surface area contributed by atoms with Gasteiger partial charge in [0.25, 0.3) is 11.2 Å². The average Bonchev–Trinajstić information content (AvgIpc) is 2.31. The fourth-order valence-corrected chi connectivity index (χ4v) is 1.63. The first-order chi connectivity index (χ1) is 8.86. The highest BCUT2D eigenvalue weighted by Crippen LogP contribution is 2.16. The van der Waals surface area contributed by atoms with Crippen LogP contribution >= 0.6 is 0 Å². The molecule has 0 radical (unpaired) electrons. The van der Waals surface area contributed by atoms with Crippen molar-refractivity contribution in [3.63, 3.8) is 0 Å². The van der Waals surface area contributed by atoms with E-state index >= 15 is 0 Å². The second-order valence-electron chi connectivity index (χ2n) is 4.30. The minimum atomic E-state index is -0.852. The Morgan fingerprint density at radius 3 is 2.58 bits per heavy atom. The van der Waals surface area contributed by atoms with E-state index in [4.69, 9.17) is 4.74 Å².